The first-order chi connectivity index (χ1) is 8.38. The van der Waals surface area contributed by atoms with Gasteiger partial charge in [0.25, 0.3) is 0 Å². The fourth-order valence-electron chi connectivity index (χ4n) is 1.76. The van der Waals surface area contributed by atoms with Crippen LogP contribution < -0.4 is 5.32 Å². The SMILES string of the molecule is CC.CNc1ncnc2nc(C3CC3)ccc12. The van der Waals surface area contributed by atoms with Crippen molar-refractivity contribution < 1.29 is 0 Å². The molecule has 0 bridgehead atoms. The predicted octanol–water partition coefficient (Wildman–Crippen LogP) is 2.97. The van der Waals surface area contributed by atoms with Crippen LogP contribution in [0.3, 0.4) is 0 Å². The van der Waals surface area contributed by atoms with Gasteiger partial charge in [0.2, 0.25) is 0 Å². The van der Waals surface area contributed by atoms with E-state index in [4.69, 9.17) is 0 Å². The summed E-state index contributed by atoms with van der Waals surface area (Å²) in [4.78, 5) is 12.9. The van der Waals surface area contributed by atoms with E-state index in [0.29, 0.717) is 5.92 Å². The number of aromatic nitrogens is 3. The molecule has 0 unspecified atom stereocenters. The zero-order valence-electron chi connectivity index (χ0n) is 10.6. The summed E-state index contributed by atoms with van der Waals surface area (Å²) in [7, 11) is 1.86. The molecule has 1 saturated carbocycles. The number of nitrogens with one attached hydrogen (secondary N) is 1. The van der Waals surface area contributed by atoms with E-state index in [9.17, 15) is 0 Å². The van der Waals surface area contributed by atoms with Crippen molar-refractivity contribution in [3.8, 4) is 0 Å². The molecule has 1 aliphatic carbocycles. The highest BCUT2D eigenvalue weighted by atomic mass is 15.0. The molecule has 1 N–H and O–H groups in total. The Labute approximate surface area is 102 Å². The molecule has 0 atom stereocenters. The van der Waals surface area contributed by atoms with Crippen LogP contribution >= 0.6 is 0 Å². The fraction of sp³-hybridized carbons (Fsp3) is 0.462. The first-order valence-electron chi connectivity index (χ1n) is 6.18. The highest BCUT2D eigenvalue weighted by Gasteiger charge is 2.25. The summed E-state index contributed by atoms with van der Waals surface area (Å²) >= 11 is 0. The molecule has 4 heteroatoms. The average Bonchev–Trinajstić information content (AvgIpc) is 3.24. The first-order valence-corrected chi connectivity index (χ1v) is 6.18. The molecular weight excluding hydrogens is 212 g/mol. The Morgan fingerprint density at radius 3 is 2.59 bits per heavy atom. The molecule has 0 radical (unpaired) electrons. The number of rotatable bonds is 2. The summed E-state index contributed by atoms with van der Waals surface area (Å²) in [6, 6.07) is 4.14. The van der Waals surface area contributed by atoms with Gasteiger partial charge in [0.15, 0.2) is 5.65 Å². The quantitative estimate of drug-likeness (QED) is 0.861. The number of hydrogen-bond acceptors (Lipinski definition) is 4. The molecule has 2 aromatic rings. The van der Waals surface area contributed by atoms with Crippen molar-refractivity contribution in [2.24, 2.45) is 0 Å². The molecular formula is C13H18N4. The smallest absolute Gasteiger partial charge is 0.164 e. The van der Waals surface area contributed by atoms with Crippen LogP contribution in [0.25, 0.3) is 11.0 Å². The van der Waals surface area contributed by atoms with E-state index in [-0.39, 0.29) is 0 Å². The molecule has 0 saturated heterocycles. The molecule has 17 heavy (non-hydrogen) atoms. The minimum absolute atomic E-state index is 0.669. The third-order valence-corrected chi connectivity index (χ3v) is 2.75. The van der Waals surface area contributed by atoms with Crippen LogP contribution in [-0.4, -0.2) is 22.0 Å². The highest BCUT2D eigenvalue weighted by molar-refractivity contribution is 5.86. The van der Waals surface area contributed by atoms with Gasteiger partial charge in [0.05, 0.1) is 5.39 Å². The molecule has 4 nitrogen and oxygen atoms in total. The molecule has 1 aliphatic rings. The van der Waals surface area contributed by atoms with Crippen molar-refractivity contribution in [3.05, 3.63) is 24.2 Å². The molecule has 0 amide bonds. The van der Waals surface area contributed by atoms with E-state index in [2.05, 4.69) is 32.4 Å². The van der Waals surface area contributed by atoms with Crippen LogP contribution in [-0.2, 0) is 0 Å². The summed E-state index contributed by atoms with van der Waals surface area (Å²) in [5.41, 5.74) is 1.96. The molecule has 2 heterocycles. The third kappa shape index (κ3) is 2.35. The lowest BCUT2D eigenvalue weighted by Crippen LogP contribution is -1.97. The van der Waals surface area contributed by atoms with Gasteiger partial charge in [-0.2, -0.15) is 0 Å². The standard InChI is InChI=1S/C11H12N4.C2H6/c1-12-10-8-4-5-9(7-2-3-7)15-11(8)14-6-13-10;1-2/h4-7H,2-3H2,1H3,(H,12,13,14,15);1-2H3. The van der Waals surface area contributed by atoms with E-state index in [1.54, 1.807) is 6.33 Å². The Bertz CT molecular complexity index is 506. The van der Waals surface area contributed by atoms with Crippen LogP contribution in [0.15, 0.2) is 18.5 Å². The largest absolute Gasteiger partial charge is 0.372 e. The van der Waals surface area contributed by atoms with Crippen molar-refractivity contribution in [1.82, 2.24) is 15.0 Å². The highest BCUT2D eigenvalue weighted by Crippen LogP contribution is 2.39. The minimum Gasteiger partial charge on any atom is -0.372 e. The maximum Gasteiger partial charge on any atom is 0.164 e. The van der Waals surface area contributed by atoms with Gasteiger partial charge in [-0.15, -0.1) is 0 Å². The van der Waals surface area contributed by atoms with Crippen molar-refractivity contribution >= 4 is 16.9 Å². The third-order valence-electron chi connectivity index (χ3n) is 2.75. The minimum atomic E-state index is 0.669. The van der Waals surface area contributed by atoms with Gasteiger partial charge in [-0.3, -0.25) is 0 Å². The molecule has 0 spiro atoms. The molecule has 0 aromatic carbocycles. The van der Waals surface area contributed by atoms with E-state index >= 15 is 0 Å². The van der Waals surface area contributed by atoms with Gasteiger partial charge in [-0.1, -0.05) is 13.8 Å². The molecule has 90 valence electrons. The number of fused-ring (bicyclic) bond motifs is 1. The van der Waals surface area contributed by atoms with Crippen molar-refractivity contribution in [3.63, 3.8) is 0 Å². The first kappa shape index (κ1) is 11.8. The van der Waals surface area contributed by atoms with Gasteiger partial charge >= 0.3 is 0 Å². The van der Waals surface area contributed by atoms with Crippen LogP contribution in [0.4, 0.5) is 5.82 Å². The zero-order chi connectivity index (χ0) is 12.3. The normalized spacial score (nSPS) is 14.1. The Kier molecular flexibility index (Phi) is 3.52. The lowest BCUT2D eigenvalue weighted by molar-refractivity contribution is 1.03. The average molecular weight is 230 g/mol. The summed E-state index contributed by atoms with van der Waals surface area (Å²) in [5, 5.41) is 4.03. The topological polar surface area (TPSA) is 50.7 Å². The zero-order valence-corrected chi connectivity index (χ0v) is 10.6. The number of pyridine rings is 1. The number of anilines is 1. The van der Waals surface area contributed by atoms with Gasteiger partial charge < -0.3 is 5.32 Å². The Hall–Kier alpha value is -1.71. The van der Waals surface area contributed by atoms with Crippen LogP contribution in [0.2, 0.25) is 0 Å². The van der Waals surface area contributed by atoms with Crippen LogP contribution in [0.5, 0.6) is 0 Å². The summed E-state index contributed by atoms with van der Waals surface area (Å²) in [6.07, 6.45) is 4.09. The van der Waals surface area contributed by atoms with Crippen molar-refractivity contribution in [1.29, 1.82) is 0 Å². The van der Waals surface area contributed by atoms with Gasteiger partial charge in [0.1, 0.15) is 12.1 Å². The van der Waals surface area contributed by atoms with Gasteiger partial charge in [-0.25, -0.2) is 15.0 Å². The Balaban J connectivity index is 0.000000514. The fourth-order valence-corrected chi connectivity index (χ4v) is 1.76. The molecule has 0 aliphatic heterocycles. The Morgan fingerprint density at radius 2 is 1.94 bits per heavy atom. The predicted molar refractivity (Wildman–Crippen MR) is 70.2 cm³/mol. The van der Waals surface area contributed by atoms with E-state index in [1.807, 2.05) is 20.9 Å². The second-order valence-corrected chi connectivity index (χ2v) is 3.85. The maximum atomic E-state index is 4.55. The van der Waals surface area contributed by atoms with E-state index in [0.717, 1.165) is 16.9 Å². The van der Waals surface area contributed by atoms with Crippen LogP contribution in [0.1, 0.15) is 38.3 Å². The molecule has 3 rings (SSSR count). The summed E-state index contributed by atoms with van der Waals surface area (Å²) in [5.74, 6) is 1.51. The van der Waals surface area contributed by atoms with Gasteiger partial charge in [0, 0.05) is 18.7 Å². The lowest BCUT2D eigenvalue weighted by atomic mass is 10.2. The lowest BCUT2D eigenvalue weighted by Gasteiger charge is -2.04. The Morgan fingerprint density at radius 1 is 1.18 bits per heavy atom. The van der Waals surface area contributed by atoms with Crippen molar-refractivity contribution in [2.45, 2.75) is 32.6 Å². The number of nitrogens with zero attached hydrogens (tertiary/aromatic N) is 3. The maximum absolute atomic E-state index is 4.55. The van der Waals surface area contributed by atoms with E-state index < -0.39 is 0 Å². The van der Waals surface area contributed by atoms with Crippen LogP contribution in [0, 0.1) is 0 Å². The summed E-state index contributed by atoms with van der Waals surface area (Å²) in [6.45, 7) is 4.00. The monoisotopic (exact) mass is 230 g/mol. The summed E-state index contributed by atoms with van der Waals surface area (Å²) < 4.78 is 0. The second kappa shape index (κ2) is 5.08. The molecule has 1 fully saturated rings. The van der Waals surface area contributed by atoms with Crippen molar-refractivity contribution in [2.75, 3.05) is 12.4 Å². The second-order valence-electron chi connectivity index (χ2n) is 3.85. The van der Waals surface area contributed by atoms with Gasteiger partial charge in [-0.05, 0) is 25.0 Å². The molecule has 2 aromatic heterocycles. The number of hydrogen-bond donors (Lipinski definition) is 1. The van der Waals surface area contributed by atoms with E-state index in [1.165, 1.54) is 18.5 Å².